The van der Waals surface area contributed by atoms with E-state index in [1.54, 1.807) is 4.90 Å². The second-order valence-electron chi connectivity index (χ2n) is 9.80. The van der Waals surface area contributed by atoms with E-state index in [2.05, 4.69) is 34.6 Å². The van der Waals surface area contributed by atoms with E-state index < -0.39 is 0 Å². The van der Waals surface area contributed by atoms with E-state index in [9.17, 15) is 9.59 Å². The maximum atomic E-state index is 13.4. The molecule has 0 bridgehead atoms. The van der Waals surface area contributed by atoms with Crippen LogP contribution in [0.2, 0.25) is 0 Å². The van der Waals surface area contributed by atoms with Crippen LogP contribution in [0.5, 0.6) is 0 Å². The summed E-state index contributed by atoms with van der Waals surface area (Å²) in [7, 11) is 1.99. The summed E-state index contributed by atoms with van der Waals surface area (Å²) >= 11 is 0. The molecule has 2 rings (SSSR count). The van der Waals surface area contributed by atoms with E-state index >= 15 is 0 Å². The molecule has 2 aromatic rings. The molecule has 0 saturated carbocycles. The van der Waals surface area contributed by atoms with Gasteiger partial charge in [-0.3, -0.25) is 9.59 Å². The van der Waals surface area contributed by atoms with Crippen LogP contribution in [0.4, 0.5) is 0 Å². The third-order valence-corrected chi connectivity index (χ3v) is 6.23. The fraction of sp³-hybridized carbons (Fsp3) is 0.556. The molecule has 5 heteroatoms. The number of amides is 2. The lowest BCUT2D eigenvalue weighted by Crippen LogP contribution is -2.46. The van der Waals surface area contributed by atoms with Crippen LogP contribution in [0.25, 0.3) is 0 Å². The molecule has 5 nitrogen and oxygen atoms in total. The zero-order valence-corrected chi connectivity index (χ0v) is 21.0. The van der Waals surface area contributed by atoms with Gasteiger partial charge in [-0.25, -0.2) is 0 Å². The molecular formula is C27H41N3O2. The SMILES string of the molecule is CCCCN(Cc1cccn1C)C(=O)CN(C(=O)c1ccc(C(C)(C)C)cc1)[C@H](C)CC. The van der Waals surface area contributed by atoms with Crippen LogP contribution in [0.3, 0.4) is 0 Å². The Kier molecular flexibility index (Phi) is 9.11. The first-order valence-corrected chi connectivity index (χ1v) is 11.9. The van der Waals surface area contributed by atoms with Crippen molar-refractivity contribution in [2.24, 2.45) is 7.05 Å². The molecule has 0 aliphatic carbocycles. The van der Waals surface area contributed by atoms with E-state index in [1.165, 1.54) is 5.56 Å². The van der Waals surface area contributed by atoms with Crippen molar-refractivity contribution in [2.75, 3.05) is 13.1 Å². The molecule has 0 unspecified atom stereocenters. The van der Waals surface area contributed by atoms with Gasteiger partial charge in [0.2, 0.25) is 5.91 Å². The second-order valence-corrected chi connectivity index (χ2v) is 9.80. The Labute approximate surface area is 194 Å². The Morgan fingerprint density at radius 3 is 2.22 bits per heavy atom. The smallest absolute Gasteiger partial charge is 0.254 e. The summed E-state index contributed by atoms with van der Waals surface area (Å²) in [4.78, 5) is 30.4. The predicted octanol–water partition coefficient (Wildman–Crippen LogP) is 5.39. The topological polar surface area (TPSA) is 45.6 Å². The summed E-state index contributed by atoms with van der Waals surface area (Å²) in [5.74, 6) is -0.0814. The van der Waals surface area contributed by atoms with Crippen LogP contribution >= 0.6 is 0 Å². The minimum Gasteiger partial charge on any atom is -0.353 e. The van der Waals surface area contributed by atoms with Crippen LogP contribution in [-0.4, -0.2) is 45.3 Å². The van der Waals surface area contributed by atoms with Gasteiger partial charge in [0, 0.05) is 37.1 Å². The fourth-order valence-corrected chi connectivity index (χ4v) is 3.67. The molecule has 0 radical (unpaired) electrons. The summed E-state index contributed by atoms with van der Waals surface area (Å²) in [6.45, 7) is 14.0. The van der Waals surface area contributed by atoms with Crippen LogP contribution < -0.4 is 0 Å². The summed E-state index contributed by atoms with van der Waals surface area (Å²) in [5.41, 5.74) is 2.95. The van der Waals surface area contributed by atoms with Gasteiger partial charge in [0.25, 0.3) is 5.91 Å². The van der Waals surface area contributed by atoms with Crippen molar-refractivity contribution in [3.05, 3.63) is 59.4 Å². The summed E-state index contributed by atoms with van der Waals surface area (Å²) in [5, 5.41) is 0. The van der Waals surface area contributed by atoms with E-state index in [4.69, 9.17) is 0 Å². The molecule has 0 N–H and O–H groups in total. The predicted molar refractivity (Wildman–Crippen MR) is 132 cm³/mol. The van der Waals surface area contributed by atoms with Crippen molar-refractivity contribution >= 4 is 11.8 Å². The van der Waals surface area contributed by atoms with Crippen LogP contribution in [0.1, 0.15) is 82.4 Å². The van der Waals surface area contributed by atoms with Gasteiger partial charge in [0.1, 0.15) is 6.54 Å². The molecule has 1 aromatic carbocycles. The summed E-state index contributed by atoms with van der Waals surface area (Å²) in [6.07, 6.45) is 4.76. The first-order chi connectivity index (χ1) is 15.1. The van der Waals surface area contributed by atoms with E-state index in [0.717, 1.165) is 25.0 Å². The lowest BCUT2D eigenvalue weighted by molar-refractivity contribution is -0.133. The van der Waals surface area contributed by atoms with Crippen molar-refractivity contribution in [1.82, 2.24) is 14.4 Å². The minimum absolute atomic E-state index is 0.000360. The van der Waals surface area contributed by atoms with Crippen molar-refractivity contribution < 1.29 is 9.59 Å². The van der Waals surface area contributed by atoms with Gasteiger partial charge < -0.3 is 14.4 Å². The lowest BCUT2D eigenvalue weighted by atomic mass is 9.86. The van der Waals surface area contributed by atoms with Gasteiger partial charge in [-0.05, 0) is 55.0 Å². The Morgan fingerprint density at radius 1 is 1.06 bits per heavy atom. The lowest BCUT2D eigenvalue weighted by Gasteiger charge is -2.31. The van der Waals surface area contributed by atoms with Crippen LogP contribution in [0.15, 0.2) is 42.6 Å². The monoisotopic (exact) mass is 439 g/mol. The quantitative estimate of drug-likeness (QED) is 0.498. The number of rotatable bonds is 10. The number of aryl methyl sites for hydroxylation is 1. The van der Waals surface area contributed by atoms with Gasteiger partial charge in [-0.15, -0.1) is 0 Å². The highest BCUT2D eigenvalue weighted by atomic mass is 16.2. The first kappa shape index (κ1) is 25.7. The van der Waals surface area contributed by atoms with E-state index in [0.29, 0.717) is 18.7 Å². The third kappa shape index (κ3) is 6.72. The number of benzene rings is 1. The number of nitrogens with zero attached hydrogens (tertiary/aromatic N) is 3. The van der Waals surface area contributed by atoms with Crippen LogP contribution in [-0.2, 0) is 23.8 Å². The molecule has 0 fully saturated rings. The zero-order chi connectivity index (χ0) is 23.9. The fourth-order valence-electron chi connectivity index (χ4n) is 3.67. The zero-order valence-electron chi connectivity index (χ0n) is 21.0. The highest BCUT2D eigenvalue weighted by molar-refractivity contribution is 5.96. The Hall–Kier alpha value is -2.56. The van der Waals surface area contributed by atoms with E-state index in [-0.39, 0.29) is 29.8 Å². The molecule has 0 aliphatic rings. The number of unbranched alkanes of at least 4 members (excludes halogenated alkanes) is 1. The van der Waals surface area contributed by atoms with Crippen LogP contribution in [0, 0.1) is 0 Å². The molecule has 1 heterocycles. The largest absolute Gasteiger partial charge is 0.353 e. The summed E-state index contributed by atoms with van der Waals surface area (Å²) < 4.78 is 2.04. The van der Waals surface area contributed by atoms with Crippen molar-refractivity contribution in [1.29, 1.82) is 0 Å². The van der Waals surface area contributed by atoms with Gasteiger partial charge in [0.05, 0.1) is 6.54 Å². The van der Waals surface area contributed by atoms with Crippen molar-refractivity contribution in [3.8, 4) is 0 Å². The van der Waals surface area contributed by atoms with Crippen molar-refractivity contribution in [3.63, 3.8) is 0 Å². The van der Waals surface area contributed by atoms with Crippen molar-refractivity contribution in [2.45, 2.75) is 78.8 Å². The third-order valence-electron chi connectivity index (χ3n) is 6.23. The summed E-state index contributed by atoms with van der Waals surface area (Å²) in [6, 6.07) is 11.8. The number of carbonyl (C=O) groups excluding carboxylic acids is 2. The van der Waals surface area contributed by atoms with Gasteiger partial charge >= 0.3 is 0 Å². The second kappa shape index (κ2) is 11.3. The number of hydrogen-bond acceptors (Lipinski definition) is 2. The first-order valence-electron chi connectivity index (χ1n) is 11.9. The number of aromatic nitrogens is 1. The highest BCUT2D eigenvalue weighted by Crippen LogP contribution is 2.23. The Bertz CT molecular complexity index is 877. The maximum absolute atomic E-state index is 13.4. The molecule has 176 valence electrons. The number of carbonyl (C=O) groups is 2. The Morgan fingerprint density at radius 2 is 1.72 bits per heavy atom. The Balaban J connectivity index is 2.22. The highest BCUT2D eigenvalue weighted by Gasteiger charge is 2.26. The molecule has 0 spiro atoms. The van der Waals surface area contributed by atoms with Gasteiger partial charge in [-0.1, -0.05) is 53.2 Å². The molecule has 0 saturated heterocycles. The van der Waals surface area contributed by atoms with Gasteiger partial charge in [0.15, 0.2) is 0 Å². The molecule has 32 heavy (non-hydrogen) atoms. The average molecular weight is 440 g/mol. The molecule has 1 aromatic heterocycles. The standard InChI is InChI=1S/C27H41N3O2/c1-8-10-18-29(19-24-12-11-17-28(24)7)25(31)20-30(21(3)9-2)26(32)22-13-15-23(16-14-22)27(4,5)6/h11-17,21H,8-10,18-20H2,1-7H3/t21-/m1/s1. The number of hydrogen-bond donors (Lipinski definition) is 0. The molecule has 1 atom stereocenters. The average Bonchev–Trinajstić information content (AvgIpc) is 3.17. The maximum Gasteiger partial charge on any atom is 0.254 e. The van der Waals surface area contributed by atoms with Gasteiger partial charge in [-0.2, -0.15) is 0 Å². The molecule has 2 amide bonds. The van der Waals surface area contributed by atoms with E-state index in [1.807, 2.05) is 66.0 Å². The molecule has 0 aliphatic heterocycles. The minimum atomic E-state index is -0.0810. The molecular weight excluding hydrogens is 398 g/mol. The normalized spacial score (nSPS) is 12.5.